The lowest BCUT2D eigenvalue weighted by molar-refractivity contribution is -0.119. The molecule has 0 aliphatic carbocycles. The highest BCUT2D eigenvalue weighted by atomic mass is 79.9. The maximum atomic E-state index is 11.5. The van der Waals surface area contributed by atoms with Gasteiger partial charge in [0, 0.05) is 10.0 Å². The number of hydrogen-bond donors (Lipinski definition) is 2. The predicted molar refractivity (Wildman–Crippen MR) is 60.3 cm³/mol. The van der Waals surface area contributed by atoms with E-state index in [4.69, 9.17) is 5.73 Å². The van der Waals surface area contributed by atoms with E-state index in [1.807, 2.05) is 0 Å². The second kappa shape index (κ2) is 4.93. The summed E-state index contributed by atoms with van der Waals surface area (Å²) in [6.45, 7) is 1.54. The molecule has 0 unspecified atom stereocenters. The van der Waals surface area contributed by atoms with Crippen LogP contribution in [0.3, 0.4) is 0 Å². The van der Waals surface area contributed by atoms with E-state index >= 15 is 0 Å². The number of benzene rings is 1. The number of rotatable bonds is 3. The van der Waals surface area contributed by atoms with E-state index in [-0.39, 0.29) is 5.91 Å². The first-order valence-electron chi connectivity index (χ1n) is 4.36. The Kier molecular flexibility index (Phi) is 3.85. The molecule has 80 valence electrons. The zero-order valence-corrected chi connectivity index (χ0v) is 9.74. The lowest BCUT2D eigenvalue weighted by Gasteiger charge is -2.09. The summed E-state index contributed by atoms with van der Waals surface area (Å²) in [5.74, 6) is -0.866. The van der Waals surface area contributed by atoms with Crippen molar-refractivity contribution in [2.75, 3.05) is 0 Å². The molecule has 1 atom stereocenters. The number of halogens is 1. The average Bonchev–Trinajstić information content (AvgIpc) is 2.18. The molecule has 0 heterocycles. The molecule has 5 heteroatoms. The molecule has 2 amide bonds. The van der Waals surface area contributed by atoms with Crippen LogP contribution in [-0.2, 0) is 4.79 Å². The lowest BCUT2D eigenvalue weighted by Crippen LogP contribution is -2.42. The molecule has 0 radical (unpaired) electrons. The molecule has 0 bridgehead atoms. The molecule has 0 saturated heterocycles. The fourth-order valence-corrected chi connectivity index (χ4v) is 1.22. The Hall–Kier alpha value is -1.36. The Morgan fingerprint density at radius 2 is 1.87 bits per heavy atom. The van der Waals surface area contributed by atoms with Crippen molar-refractivity contribution in [2.45, 2.75) is 13.0 Å². The molecule has 0 aliphatic rings. The van der Waals surface area contributed by atoms with E-state index in [1.54, 1.807) is 31.2 Å². The molecular formula is C10H11BrN2O2. The first-order valence-corrected chi connectivity index (χ1v) is 5.15. The first kappa shape index (κ1) is 11.7. The fourth-order valence-electron chi connectivity index (χ4n) is 0.952. The first-order chi connectivity index (χ1) is 7.00. The Bertz CT molecular complexity index is 376. The van der Waals surface area contributed by atoms with Crippen molar-refractivity contribution in [3.05, 3.63) is 34.3 Å². The van der Waals surface area contributed by atoms with E-state index in [2.05, 4.69) is 21.2 Å². The molecular weight excluding hydrogens is 260 g/mol. The number of nitrogens with one attached hydrogen (secondary N) is 1. The Balaban J connectivity index is 2.69. The number of nitrogens with two attached hydrogens (primary N) is 1. The van der Waals surface area contributed by atoms with Crippen LogP contribution in [0.4, 0.5) is 0 Å². The minimum atomic E-state index is -0.666. The minimum absolute atomic E-state index is 0.311. The number of amides is 2. The summed E-state index contributed by atoms with van der Waals surface area (Å²) in [6, 6.07) is 6.16. The number of carbonyl (C=O) groups excluding carboxylic acids is 2. The third-order valence-corrected chi connectivity index (χ3v) is 2.41. The SMILES string of the molecule is C[C@H](NC(=O)c1ccc(Br)cc1)C(N)=O. The molecule has 0 aromatic heterocycles. The normalized spacial score (nSPS) is 11.9. The van der Waals surface area contributed by atoms with Crippen LogP contribution in [0.5, 0.6) is 0 Å². The zero-order chi connectivity index (χ0) is 11.4. The van der Waals surface area contributed by atoms with Crippen LogP contribution in [0, 0.1) is 0 Å². The van der Waals surface area contributed by atoms with Crippen molar-refractivity contribution in [3.8, 4) is 0 Å². The van der Waals surface area contributed by atoms with Gasteiger partial charge in [0.25, 0.3) is 5.91 Å². The number of primary amides is 1. The third kappa shape index (κ3) is 3.36. The van der Waals surface area contributed by atoms with Gasteiger partial charge in [0.05, 0.1) is 0 Å². The molecule has 15 heavy (non-hydrogen) atoms. The smallest absolute Gasteiger partial charge is 0.251 e. The topological polar surface area (TPSA) is 72.2 Å². The van der Waals surface area contributed by atoms with Crippen molar-refractivity contribution in [2.24, 2.45) is 5.73 Å². The predicted octanol–water partition coefficient (Wildman–Crippen LogP) is 1.05. The number of hydrogen-bond acceptors (Lipinski definition) is 2. The maximum absolute atomic E-state index is 11.5. The monoisotopic (exact) mass is 270 g/mol. The van der Waals surface area contributed by atoms with Gasteiger partial charge in [-0.3, -0.25) is 9.59 Å². The van der Waals surface area contributed by atoms with Crippen LogP contribution in [-0.4, -0.2) is 17.9 Å². The average molecular weight is 271 g/mol. The van der Waals surface area contributed by atoms with Gasteiger partial charge in [-0.15, -0.1) is 0 Å². The van der Waals surface area contributed by atoms with Gasteiger partial charge in [0.1, 0.15) is 6.04 Å². The van der Waals surface area contributed by atoms with Crippen LogP contribution in [0.15, 0.2) is 28.7 Å². The van der Waals surface area contributed by atoms with E-state index in [0.717, 1.165) is 4.47 Å². The molecule has 0 fully saturated rings. The zero-order valence-electron chi connectivity index (χ0n) is 8.16. The van der Waals surface area contributed by atoms with Gasteiger partial charge in [-0.2, -0.15) is 0 Å². The molecule has 0 aliphatic heterocycles. The molecule has 0 spiro atoms. The van der Waals surface area contributed by atoms with Gasteiger partial charge in [-0.1, -0.05) is 15.9 Å². The van der Waals surface area contributed by atoms with Gasteiger partial charge >= 0.3 is 0 Å². The molecule has 4 nitrogen and oxygen atoms in total. The minimum Gasteiger partial charge on any atom is -0.368 e. The highest BCUT2D eigenvalue weighted by Gasteiger charge is 2.13. The number of carbonyl (C=O) groups is 2. The van der Waals surface area contributed by atoms with Crippen molar-refractivity contribution >= 4 is 27.7 Å². The summed E-state index contributed by atoms with van der Waals surface area (Å²) in [7, 11) is 0. The van der Waals surface area contributed by atoms with E-state index in [9.17, 15) is 9.59 Å². The van der Waals surface area contributed by atoms with Gasteiger partial charge in [0.2, 0.25) is 5.91 Å². The van der Waals surface area contributed by atoms with Crippen LogP contribution >= 0.6 is 15.9 Å². The molecule has 0 saturated carbocycles. The van der Waals surface area contributed by atoms with Crippen LogP contribution < -0.4 is 11.1 Å². The van der Waals surface area contributed by atoms with Crippen molar-refractivity contribution in [3.63, 3.8) is 0 Å². The van der Waals surface area contributed by atoms with Gasteiger partial charge in [0.15, 0.2) is 0 Å². The van der Waals surface area contributed by atoms with Crippen molar-refractivity contribution in [1.29, 1.82) is 0 Å². The van der Waals surface area contributed by atoms with Crippen LogP contribution in [0.25, 0.3) is 0 Å². The molecule has 1 aromatic carbocycles. The maximum Gasteiger partial charge on any atom is 0.251 e. The van der Waals surface area contributed by atoms with E-state index in [0.29, 0.717) is 5.56 Å². The molecule has 1 aromatic rings. The third-order valence-electron chi connectivity index (χ3n) is 1.88. The van der Waals surface area contributed by atoms with Crippen LogP contribution in [0.2, 0.25) is 0 Å². The summed E-state index contributed by atoms with van der Waals surface area (Å²) >= 11 is 3.26. The second-order valence-electron chi connectivity index (χ2n) is 3.10. The van der Waals surface area contributed by atoms with Gasteiger partial charge in [-0.25, -0.2) is 0 Å². The summed E-state index contributed by atoms with van der Waals surface area (Å²) in [5, 5.41) is 2.49. The van der Waals surface area contributed by atoms with E-state index < -0.39 is 11.9 Å². The lowest BCUT2D eigenvalue weighted by atomic mass is 10.2. The highest BCUT2D eigenvalue weighted by molar-refractivity contribution is 9.10. The van der Waals surface area contributed by atoms with Crippen molar-refractivity contribution in [1.82, 2.24) is 5.32 Å². The van der Waals surface area contributed by atoms with E-state index in [1.165, 1.54) is 0 Å². The van der Waals surface area contributed by atoms with Crippen molar-refractivity contribution < 1.29 is 9.59 Å². The molecule has 1 rings (SSSR count). The van der Waals surface area contributed by atoms with Gasteiger partial charge < -0.3 is 11.1 Å². The highest BCUT2D eigenvalue weighted by Crippen LogP contribution is 2.10. The Morgan fingerprint density at radius 3 is 2.33 bits per heavy atom. The summed E-state index contributed by atoms with van der Waals surface area (Å²) in [5.41, 5.74) is 5.52. The quantitative estimate of drug-likeness (QED) is 0.862. The standard InChI is InChI=1S/C10H11BrN2O2/c1-6(9(12)14)13-10(15)7-2-4-8(11)5-3-7/h2-6H,1H3,(H2,12,14)(H,13,15)/t6-/m0/s1. The largest absolute Gasteiger partial charge is 0.368 e. The fraction of sp³-hybridized carbons (Fsp3) is 0.200. The summed E-state index contributed by atoms with van der Waals surface area (Å²) < 4.78 is 0.891. The summed E-state index contributed by atoms with van der Waals surface area (Å²) in [6.07, 6.45) is 0. The Labute approximate surface area is 96.0 Å². The Morgan fingerprint density at radius 1 is 1.33 bits per heavy atom. The van der Waals surface area contributed by atoms with Crippen LogP contribution in [0.1, 0.15) is 17.3 Å². The second-order valence-corrected chi connectivity index (χ2v) is 4.02. The van der Waals surface area contributed by atoms with Gasteiger partial charge in [-0.05, 0) is 31.2 Å². The summed E-state index contributed by atoms with van der Waals surface area (Å²) in [4.78, 5) is 22.3. The molecule has 3 N–H and O–H groups in total.